The Bertz CT molecular complexity index is 637. The van der Waals surface area contributed by atoms with E-state index in [0.29, 0.717) is 21.5 Å². The summed E-state index contributed by atoms with van der Waals surface area (Å²) in [5.74, 6) is 6.63. The van der Waals surface area contributed by atoms with Crippen molar-refractivity contribution in [3.8, 4) is 11.5 Å². The highest BCUT2D eigenvalue weighted by Gasteiger charge is 2.21. The van der Waals surface area contributed by atoms with Gasteiger partial charge in [0.2, 0.25) is 0 Å². The van der Waals surface area contributed by atoms with Crippen LogP contribution < -0.4 is 20.7 Å². The maximum Gasteiger partial charge on any atom is 0.137 e. The number of hydrogen-bond donors (Lipinski definition) is 2. The van der Waals surface area contributed by atoms with Gasteiger partial charge in [-0.3, -0.25) is 5.84 Å². The first kappa shape index (κ1) is 15.8. The zero-order chi connectivity index (χ0) is 15.4. The Morgan fingerprint density at radius 1 is 1.14 bits per heavy atom. The molecule has 0 aliphatic rings. The normalized spacial score (nSPS) is 12.0. The van der Waals surface area contributed by atoms with Crippen molar-refractivity contribution in [2.45, 2.75) is 6.04 Å². The number of nitrogens with one attached hydrogen (secondary N) is 1. The van der Waals surface area contributed by atoms with Crippen LogP contribution in [0, 0.1) is 5.82 Å². The molecule has 1 atom stereocenters. The van der Waals surface area contributed by atoms with E-state index in [1.165, 1.54) is 6.07 Å². The average Bonchev–Trinajstić information content (AvgIpc) is 2.52. The topological polar surface area (TPSA) is 56.5 Å². The van der Waals surface area contributed by atoms with Crippen molar-refractivity contribution >= 4 is 15.9 Å². The largest absolute Gasteiger partial charge is 0.497 e. The molecule has 0 saturated carbocycles. The monoisotopic (exact) mass is 354 g/mol. The number of ether oxygens (including phenoxy) is 2. The van der Waals surface area contributed by atoms with Crippen molar-refractivity contribution < 1.29 is 13.9 Å². The highest BCUT2D eigenvalue weighted by molar-refractivity contribution is 9.10. The SMILES string of the molecule is COc1ccc(OC)c(C(NN)c2cccc(F)c2Br)c1. The van der Waals surface area contributed by atoms with Crippen LogP contribution >= 0.6 is 15.9 Å². The number of methoxy groups -OCH3 is 2. The number of hydrogen-bond acceptors (Lipinski definition) is 4. The van der Waals surface area contributed by atoms with Gasteiger partial charge in [-0.25, -0.2) is 9.82 Å². The Hall–Kier alpha value is -1.63. The van der Waals surface area contributed by atoms with Gasteiger partial charge in [0, 0.05) is 5.56 Å². The van der Waals surface area contributed by atoms with E-state index in [9.17, 15) is 4.39 Å². The molecule has 0 saturated heterocycles. The molecule has 112 valence electrons. The van der Waals surface area contributed by atoms with Crippen molar-refractivity contribution in [2.75, 3.05) is 14.2 Å². The first-order chi connectivity index (χ1) is 10.1. The molecule has 2 rings (SSSR count). The Kier molecular flexibility index (Phi) is 5.17. The van der Waals surface area contributed by atoms with E-state index in [1.807, 2.05) is 0 Å². The van der Waals surface area contributed by atoms with Crippen molar-refractivity contribution in [1.82, 2.24) is 5.43 Å². The second-order valence-electron chi connectivity index (χ2n) is 4.35. The lowest BCUT2D eigenvalue weighted by Gasteiger charge is -2.21. The lowest BCUT2D eigenvalue weighted by molar-refractivity contribution is 0.394. The first-order valence-corrected chi connectivity index (χ1v) is 7.03. The average molecular weight is 355 g/mol. The zero-order valence-electron chi connectivity index (χ0n) is 11.7. The number of nitrogens with two attached hydrogens (primary N) is 1. The van der Waals surface area contributed by atoms with Crippen molar-refractivity contribution in [2.24, 2.45) is 5.84 Å². The number of benzene rings is 2. The Morgan fingerprint density at radius 2 is 1.90 bits per heavy atom. The van der Waals surface area contributed by atoms with E-state index < -0.39 is 6.04 Å². The molecule has 4 nitrogen and oxygen atoms in total. The summed E-state index contributed by atoms with van der Waals surface area (Å²) in [6, 6.07) is 9.73. The Balaban J connectivity index is 2.57. The molecule has 0 heterocycles. The van der Waals surface area contributed by atoms with E-state index in [-0.39, 0.29) is 5.82 Å². The second-order valence-corrected chi connectivity index (χ2v) is 5.14. The molecule has 1 unspecified atom stereocenters. The summed E-state index contributed by atoms with van der Waals surface area (Å²) in [7, 11) is 3.15. The molecule has 3 N–H and O–H groups in total. The fraction of sp³-hybridized carbons (Fsp3) is 0.200. The first-order valence-electron chi connectivity index (χ1n) is 6.24. The van der Waals surface area contributed by atoms with Crippen molar-refractivity contribution in [1.29, 1.82) is 0 Å². The van der Waals surface area contributed by atoms with Crippen LogP contribution in [0.3, 0.4) is 0 Å². The summed E-state index contributed by atoms with van der Waals surface area (Å²) in [6.07, 6.45) is 0. The molecule has 0 aliphatic heterocycles. The number of halogens is 2. The summed E-state index contributed by atoms with van der Waals surface area (Å²) in [5.41, 5.74) is 4.12. The van der Waals surface area contributed by atoms with Gasteiger partial charge < -0.3 is 9.47 Å². The molecule has 0 aromatic heterocycles. The predicted octanol–water partition coefficient (Wildman–Crippen LogP) is 3.16. The van der Waals surface area contributed by atoms with E-state index in [1.54, 1.807) is 44.6 Å². The quantitative estimate of drug-likeness (QED) is 0.639. The van der Waals surface area contributed by atoms with E-state index in [2.05, 4.69) is 21.4 Å². The van der Waals surface area contributed by atoms with Gasteiger partial charge in [0.05, 0.1) is 24.7 Å². The third-order valence-corrected chi connectivity index (χ3v) is 4.04. The Morgan fingerprint density at radius 3 is 2.52 bits per heavy atom. The molecule has 21 heavy (non-hydrogen) atoms. The molecule has 2 aromatic carbocycles. The molecule has 0 aliphatic carbocycles. The minimum absolute atomic E-state index is 0.352. The van der Waals surface area contributed by atoms with Gasteiger partial charge in [-0.1, -0.05) is 12.1 Å². The molecule has 0 fully saturated rings. The number of hydrazine groups is 1. The predicted molar refractivity (Wildman–Crippen MR) is 82.8 cm³/mol. The molecule has 0 radical (unpaired) electrons. The molecule has 0 amide bonds. The van der Waals surface area contributed by atoms with Crippen LogP contribution in [-0.4, -0.2) is 14.2 Å². The maximum absolute atomic E-state index is 13.7. The van der Waals surface area contributed by atoms with Crippen molar-refractivity contribution in [3.05, 3.63) is 57.8 Å². The lowest BCUT2D eigenvalue weighted by atomic mass is 9.98. The summed E-state index contributed by atoms with van der Waals surface area (Å²) in [4.78, 5) is 0. The molecule has 0 bridgehead atoms. The smallest absolute Gasteiger partial charge is 0.137 e. The van der Waals surface area contributed by atoms with E-state index in [4.69, 9.17) is 15.3 Å². The molecular formula is C15H16BrFN2O2. The molecule has 2 aromatic rings. The maximum atomic E-state index is 13.7. The van der Waals surface area contributed by atoms with Gasteiger partial charge in [0.15, 0.2) is 0 Å². The van der Waals surface area contributed by atoms with Crippen molar-refractivity contribution in [3.63, 3.8) is 0 Å². The second kappa shape index (κ2) is 6.89. The number of rotatable bonds is 5. The van der Waals surface area contributed by atoms with Gasteiger partial charge >= 0.3 is 0 Å². The summed E-state index contributed by atoms with van der Waals surface area (Å²) >= 11 is 3.26. The Labute approximate surface area is 131 Å². The summed E-state index contributed by atoms with van der Waals surface area (Å²) < 4.78 is 24.7. The summed E-state index contributed by atoms with van der Waals surface area (Å²) in [6.45, 7) is 0. The van der Waals surface area contributed by atoms with E-state index in [0.717, 1.165) is 5.56 Å². The highest BCUT2D eigenvalue weighted by Crippen LogP contribution is 2.36. The lowest BCUT2D eigenvalue weighted by Crippen LogP contribution is -2.29. The summed E-state index contributed by atoms with van der Waals surface area (Å²) in [5, 5.41) is 0. The molecule has 0 spiro atoms. The van der Waals surface area contributed by atoms with Crippen LogP contribution in [0.15, 0.2) is 40.9 Å². The fourth-order valence-corrected chi connectivity index (χ4v) is 2.65. The van der Waals surface area contributed by atoms with Gasteiger partial charge in [-0.2, -0.15) is 0 Å². The molecular weight excluding hydrogens is 339 g/mol. The van der Waals surface area contributed by atoms with Crippen LogP contribution in [-0.2, 0) is 0 Å². The minimum Gasteiger partial charge on any atom is -0.497 e. The van der Waals surface area contributed by atoms with Crippen LogP contribution in [0.2, 0.25) is 0 Å². The minimum atomic E-state index is -0.444. The van der Waals surface area contributed by atoms with Crippen LogP contribution in [0.4, 0.5) is 4.39 Å². The van der Waals surface area contributed by atoms with Crippen LogP contribution in [0.5, 0.6) is 11.5 Å². The third-order valence-electron chi connectivity index (χ3n) is 3.21. The zero-order valence-corrected chi connectivity index (χ0v) is 13.3. The van der Waals surface area contributed by atoms with Crippen LogP contribution in [0.25, 0.3) is 0 Å². The van der Waals surface area contributed by atoms with Crippen LogP contribution in [0.1, 0.15) is 17.2 Å². The molecule has 6 heteroatoms. The van der Waals surface area contributed by atoms with E-state index >= 15 is 0 Å². The van der Waals surface area contributed by atoms with Gasteiger partial charge in [0.1, 0.15) is 17.3 Å². The van der Waals surface area contributed by atoms with Gasteiger partial charge in [-0.15, -0.1) is 0 Å². The van der Waals surface area contributed by atoms with Gasteiger partial charge in [0.25, 0.3) is 0 Å². The standard InChI is InChI=1S/C15H16BrFN2O2/c1-20-9-6-7-13(21-2)11(8-9)15(19-18)10-4-3-5-12(17)14(10)16/h3-8,15,19H,18H2,1-2H3. The highest BCUT2D eigenvalue weighted by atomic mass is 79.9. The van der Waals surface area contributed by atoms with Gasteiger partial charge in [-0.05, 0) is 45.8 Å². The third kappa shape index (κ3) is 3.18. The fourth-order valence-electron chi connectivity index (χ4n) is 2.16.